The Kier molecular flexibility index (Phi) is 4.56. The van der Waals surface area contributed by atoms with E-state index in [1.165, 1.54) is 6.07 Å². The van der Waals surface area contributed by atoms with Crippen LogP contribution in [0.3, 0.4) is 0 Å². The molecule has 132 valence electrons. The van der Waals surface area contributed by atoms with Crippen LogP contribution in [0.1, 0.15) is 47.0 Å². The van der Waals surface area contributed by atoms with Crippen LogP contribution in [-0.2, 0) is 19.0 Å². The van der Waals surface area contributed by atoms with Gasteiger partial charge in [0, 0.05) is 11.5 Å². The van der Waals surface area contributed by atoms with Crippen molar-refractivity contribution in [2.24, 2.45) is 4.36 Å². The smallest absolute Gasteiger partial charge is 0.399 e. The van der Waals surface area contributed by atoms with E-state index in [1.807, 2.05) is 27.7 Å². The molecule has 0 bridgehead atoms. The summed E-state index contributed by atoms with van der Waals surface area (Å²) < 4.78 is 43.3. The Balaban J connectivity index is 1.86. The van der Waals surface area contributed by atoms with Gasteiger partial charge in [-0.2, -0.15) is 4.36 Å². The highest BCUT2D eigenvalue weighted by Crippen LogP contribution is 2.36. The summed E-state index contributed by atoms with van der Waals surface area (Å²) in [5.74, 6) is 0.645. The van der Waals surface area contributed by atoms with Gasteiger partial charge < -0.3 is 9.31 Å². The lowest BCUT2D eigenvalue weighted by Gasteiger charge is -2.32. The summed E-state index contributed by atoms with van der Waals surface area (Å²) in [6, 6.07) is 4.71. The molecule has 0 spiro atoms. The Bertz CT molecular complexity index is 728. The minimum absolute atomic E-state index is 0.169. The van der Waals surface area contributed by atoms with Crippen LogP contribution in [0.25, 0.3) is 0 Å². The molecule has 0 saturated carbocycles. The van der Waals surface area contributed by atoms with Crippen molar-refractivity contribution >= 4 is 28.0 Å². The molecule has 2 aliphatic heterocycles. The summed E-state index contributed by atoms with van der Waals surface area (Å²) in [4.78, 5) is 0. The molecule has 0 unspecified atom stereocenters. The maximum atomic E-state index is 14.5. The number of hydrogen-bond donors (Lipinski definition) is 0. The molecule has 24 heavy (non-hydrogen) atoms. The van der Waals surface area contributed by atoms with Gasteiger partial charge in [0.15, 0.2) is 0 Å². The van der Waals surface area contributed by atoms with E-state index in [4.69, 9.17) is 9.31 Å². The van der Waals surface area contributed by atoms with Gasteiger partial charge in [-0.25, -0.2) is 8.60 Å². The molecule has 2 saturated heterocycles. The van der Waals surface area contributed by atoms with Crippen molar-refractivity contribution in [3.63, 3.8) is 0 Å². The summed E-state index contributed by atoms with van der Waals surface area (Å²) >= 11 is 0. The monoisotopic (exact) mass is 353 g/mol. The van der Waals surface area contributed by atoms with Crippen molar-refractivity contribution in [1.82, 2.24) is 0 Å². The number of hydrogen-bond acceptors (Lipinski definition) is 4. The average Bonchev–Trinajstić information content (AvgIpc) is 2.70. The van der Waals surface area contributed by atoms with Gasteiger partial charge in [0.25, 0.3) is 0 Å². The molecular formula is C17H25BFNO3S. The molecule has 7 heteroatoms. The highest BCUT2D eigenvalue weighted by atomic mass is 32.2. The second-order valence-corrected chi connectivity index (χ2v) is 10.2. The van der Waals surface area contributed by atoms with Crippen molar-refractivity contribution in [3.05, 3.63) is 24.0 Å². The van der Waals surface area contributed by atoms with Crippen molar-refractivity contribution in [3.8, 4) is 0 Å². The fourth-order valence-electron chi connectivity index (χ4n) is 2.93. The number of benzene rings is 1. The zero-order chi connectivity index (χ0) is 17.6. The van der Waals surface area contributed by atoms with Crippen LogP contribution in [0.4, 0.5) is 10.1 Å². The van der Waals surface area contributed by atoms with Gasteiger partial charge in [-0.05, 0) is 58.1 Å². The molecule has 0 atom stereocenters. The third-order valence-corrected chi connectivity index (χ3v) is 7.57. The normalized spacial score (nSPS) is 24.8. The second-order valence-electron chi connectivity index (χ2n) is 7.63. The molecule has 2 heterocycles. The van der Waals surface area contributed by atoms with Gasteiger partial charge in [-0.15, -0.1) is 0 Å². The van der Waals surface area contributed by atoms with Crippen molar-refractivity contribution in [2.45, 2.75) is 58.2 Å². The first-order valence-corrected chi connectivity index (χ1v) is 10.3. The predicted molar refractivity (Wildman–Crippen MR) is 95.9 cm³/mol. The van der Waals surface area contributed by atoms with Gasteiger partial charge in [-0.3, -0.25) is 0 Å². The Morgan fingerprint density at radius 2 is 1.67 bits per heavy atom. The highest BCUT2D eigenvalue weighted by molar-refractivity contribution is 7.93. The van der Waals surface area contributed by atoms with E-state index in [1.54, 1.807) is 12.1 Å². The Labute approximate surface area is 144 Å². The molecule has 0 aliphatic carbocycles. The van der Waals surface area contributed by atoms with Gasteiger partial charge >= 0.3 is 7.12 Å². The van der Waals surface area contributed by atoms with E-state index in [2.05, 4.69) is 4.36 Å². The molecule has 2 aliphatic rings. The average molecular weight is 353 g/mol. The summed E-state index contributed by atoms with van der Waals surface area (Å²) in [5, 5.41) is 0. The third-order valence-electron chi connectivity index (χ3n) is 5.19. The first kappa shape index (κ1) is 17.9. The molecule has 0 radical (unpaired) electrons. The standard InChI is InChI=1S/C17H25BFNO3S/c1-16(2)17(3,4)23-18(22-16)13-8-9-15(14(19)12-13)20-24(21)10-6-5-7-11-24/h8-9,12H,5-7,10-11H2,1-4H3. The zero-order valence-electron chi connectivity index (χ0n) is 14.8. The number of rotatable bonds is 2. The van der Waals surface area contributed by atoms with Crippen LogP contribution in [0.2, 0.25) is 0 Å². The lowest BCUT2D eigenvalue weighted by Crippen LogP contribution is -2.41. The molecule has 1 aromatic carbocycles. The molecule has 0 amide bonds. The summed E-state index contributed by atoms with van der Waals surface area (Å²) in [6.45, 7) is 7.84. The van der Waals surface area contributed by atoms with Gasteiger partial charge in [-0.1, -0.05) is 12.5 Å². The lowest BCUT2D eigenvalue weighted by molar-refractivity contribution is 0.00578. The van der Waals surface area contributed by atoms with E-state index in [0.29, 0.717) is 17.0 Å². The zero-order valence-corrected chi connectivity index (χ0v) is 15.6. The molecule has 2 fully saturated rings. The Hall–Kier alpha value is -0.915. The fourth-order valence-corrected chi connectivity index (χ4v) is 5.13. The molecule has 1 aromatic rings. The molecule has 4 nitrogen and oxygen atoms in total. The fraction of sp³-hybridized carbons (Fsp3) is 0.647. The lowest BCUT2D eigenvalue weighted by atomic mass is 9.79. The molecule has 0 aromatic heterocycles. The van der Waals surface area contributed by atoms with Crippen LogP contribution in [-0.4, -0.2) is 34.0 Å². The topological polar surface area (TPSA) is 47.9 Å². The maximum absolute atomic E-state index is 14.5. The predicted octanol–water partition coefficient (Wildman–Crippen LogP) is 3.41. The number of halogens is 1. The summed E-state index contributed by atoms with van der Waals surface area (Å²) in [7, 11) is -2.92. The van der Waals surface area contributed by atoms with E-state index < -0.39 is 33.9 Å². The third kappa shape index (κ3) is 3.39. The quantitative estimate of drug-likeness (QED) is 0.766. The van der Waals surface area contributed by atoms with E-state index in [-0.39, 0.29) is 5.69 Å². The van der Waals surface area contributed by atoms with Crippen molar-refractivity contribution < 1.29 is 17.9 Å². The summed E-state index contributed by atoms with van der Waals surface area (Å²) in [6.07, 6.45) is 2.88. The van der Waals surface area contributed by atoms with Crippen LogP contribution in [0.15, 0.2) is 22.6 Å². The Morgan fingerprint density at radius 3 is 2.21 bits per heavy atom. The van der Waals surface area contributed by atoms with E-state index in [0.717, 1.165) is 19.3 Å². The first-order chi connectivity index (χ1) is 11.1. The molecule has 3 rings (SSSR count). The van der Waals surface area contributed by atoms with Crippen molar-refractivity contribution in [1.29, 1.82) is 0 Å². The Morgan fingerprint density at radius 1 is 1.08 bits per heavy atom. The SMILES string of the molecule is CC1(C)OB(c2ccc(N=S3(=O)CCCCC3)c(F)c2)OC1(C)C. The largest absolute Gasteiger partial charge is 0.494 e. The summed E-state index contributed by atoms with van der Waals surface area (Å²) in [5.41, 5.74) is -0.156. The highest BCUT2D eigenvalue weighted by Gasteiger charge is 2.51. The van der Waals surface area contributed by atoms with Gasteiger partial charge in [0.2, 0.25) is 0 Å². The number of nitrogens with zero attached hydrogens (tertiary/aromatic N) is 1. The molecular weight excluding hydrogens is 328 g/mol. The molecule has 0 N–H and O–H groups in total. The second kappa shape index (κ2) is 6.11. The van der Waals surface area contributed by atoms with Crippen LogP contribution in [0.5, 0.6) is 0 Å². The minimum atomic E-state index is -2.31. The maximum Gasteiger partial charge on any atom is 0.494 e. The minimum Gasteiger partial charge on any atom is -0.399 e. The van der Waals surface area contributed by atoms with Crippen LogP contribution >= 0.6 is 0 Å². The first-order valence-electron chi connectivity index (χ1n) is 8.50. The van der Waals surface area contributed by atoms with Gasteiger partial charge in [0.05, 0.1) is 20.9 Å². The van der Waals surface area contributed by atoms with E-state index in [9.17, 15) is 8.60 Å². The van der Waals surface area contributed by atoms with Crippen LogP contribution < -0.4 is 5.46 Å². The van der Waals surface area contributed by atoms with Gasteiger partial charge in [0.1, 0.15) is 11.5 Å². The van der Waals surface area contributed by atoms with Crippen molar-refractivity contribution in [2.75, 3.05) is 11.5 Å². The van der Waals surface area contributed by atoms with Crippen LogP contribution in [0, 0.1) is 5.82 Å². The van der Waals surface area contributed by atoms with E-state index >= 15 is 0 Å².